The number of carbonyl (C=O) groups is 1. The molecule has 0 spiro atoms. The maximum atomic E-state index is 13.3. The van der Waals surface area contributed by atoms with E-state index in [2.05, 4.69) is 6.07 Å². The minimum absolute atomic E-state index is 0.103. The summed E-state index contributed by atoms with van der Waals surface area (Å²) in [5.74, 6) is 1.28. The van der Waals surface area contributed by atoms with Crippen LogP contribution in [0.1, 0.15) is 34.6 Å². The first-order chi connectivity index (χ1) is 13.6. The molecule has 2 heterocycles. The van der Waals surface area contributed by atoms with Crippen LogP contribution in [0.3, 0.4) is 0 Å². The van der Waals surface area contributed by atoms with E-state index in [1.165, 1.54) is 21.3 Å². The third-order valence-electron chi connectivity index (χ3n) is 5.21. The fourth-order valence-electron chi connectivity index (χ4n) is 3.75. The fraction of sp³-hybridized carbons (Fsp3) is 0.273. The van der Waals surface area contributed by atoms with Crippen LogP contribution in [0.5, 0.6) is 17.2 Å². The lowest BCUT2D eigenvalue weighted by molar-refractivity contribution is 0.0702. The third kappa shape index (κ3) is 2.81. The zero-order valence-electron chi connectivity index (χ0n) is 16.4. The normalized spacial score (nSPS) is 15.4. The number of rotatable bonds is 4. The molecule has 0 radical (unpaired) electrons. The number of hydrogen-bond donors (Lipinski definition) is 0. The van der Waals surface area contributed by atoms with Gasteiger partial charge in [-0.15, -0.1) is 0 Å². The number of fused-ring (bicyclic) bond motifs is 2. The van der Waals surface area contributed by atoms with Gasteiger partial charge in [-0.05, 0) is 36.8 Å². The molecule has 0 saturated heterocycles. The molecule has 0 aliphatic carbocycles. The van der Waals surface area contributed by atoms with Crippen LogP contribution in [-0.2, 0) is 6.54 Å². The van der Waals surface area contributed by atoms with Gasteiger partial charge >= 0.3 is 0 Å². The van der Waals surface area contributed by atoms with Crippen molar-refractivity contribution in [1.82, 2.24) is 9.88 Å². The van der Waals surface area contributed by atoms with Crippen molar-refractivity contribution in [3.05, 3.63) is 59.3 Å². The zero-order chi connectivity index (χ0) is 19.8. The highest BCUT2D eigenvalue weighted by atomic mass is 16.5. The van der Waals surface area contributed by atoms with Crippen molar-refractivity contribution in [2.45, 2.75) is 19.5 Å². The second-order valence-electron chi connectivity index (χ2n) is 6.75. The van der Waals surface area contributed by atoms with Crippen molar-refractivity contribution in [2.24, 2.45) is 0 Å². The number of para-hydroxylation sites is 1. The molecule has 1 atom stereocenters. The lowest BCUT2D eigenvalue weighted by atomic mass is 10.1. The first-order valence-electron chi connectivity index (χ1n) is 9.07. The largest absolute Gasteiger partial charge is 0.493 e. The quantitative estimate of drug-likeness (QED) is 0.687. The van der Waals surface area contributed by atoms with Crippen LogP contribution in [0.25, 0.3) is 10.9 Å². The molecular weight excluding hydrogens is 356 g/mol. The van der Waals surface area contributed by atoms with Crippen molar-refractivity contribution in [1.29, 1.82) is 0 Å². The van der Waals surface area contributed by atoms with E-state index in [1.54, 1.807) is 12.1 Å². The molecule has 1 amide bonds. The molecule has 6 nitrogen and oxygen atoms in total. The Hall–Kier alpha value is -3.28. The molecule has 1 aromatic heterocycles. The van der Waals surface area contributed by atoms with Gasteiger partial charge in [0.2, 0.25) is 5.75 Å². The lowest BCUT2D eigenvalue weighted by Gasteiger charge is -2.22. The fourth-order valence-corrected chi connectivity index (χ4v) is 3.75. The van der Waals surface area contributed by atoms with Crippen LogP contribution < -0.4 is 14.2 Å². The Labute approximate surface area is 163 Å². The average molecular weight is 378 g/mol. The van der Waals surface area contributed by atoms with Crippen LogP contribution in [0.2, 0.25) is 0 Å². The van der Waals surface area contributed by atoms with Gasteiger partial charge in [-0.2, -0.15) is 0 Å². The van der Waals surface area contributed by atoms with Crippen LogP contribution in [-0.4, -0.2) is 37.1 Å². The number of nitrogens with zero attached hydrogens (tertiary/aromatic N) is 2. The lowest BCUT2D eigenvalue weighted by Crippen LogP contribution is -2.28. The second-order valence-corrected chi connectivity index (χ2v) is 6.75. The predicted octanol–water partition coefficient (Wildman–Crippen LogP) is 3.98. The van der Waals surface area contributed by atoms with Gasteiger partial charge in [0.25, 0.3) is 5.91 Å². The first-order valence-corrected chi connectivity index (χ1v) is 9.07. The van der Waals surface area contributed by atoms with Crippen molar-refractivity contribution in [2.75, 3.05) is 21.3 Å². The highest BCUT2D eigenvalue weighted by molar-refractivity contribution is 5.96. The van der Waals surface area contributed by atoms with E-state index in [1.807, 2.05) is 36.1 Å². The average Bonchev–Trinajstić information content (AvgIpc) is 3.05. The SMILES string of the molecule is COc1cc(C(=O)N2Cc3cc4ccccc4nc3[C@H]2C)cc(OC)c1OC. The van der Waals surface area contributed by atoms with E-state index in [9.17, 15) is 4.79 Å². The van der Waals surface area contributed by atoms with E-state index in [0.29, 0.717) is 29.4 Å². The van der Waals surface area contributed by atoms with Crippen LogP contribution >= 0.6 is 0 Å². The predicted molar refractivity (Wildman–Crippen MR) is 106 cm³/mol. The van der Waals surface area contributed by atoms with Gasteiger partial charge < -0.3 is 19.1 Å². The number of benzene rings is 2. The molecule has 6 heteroatoms. The summed E-state index contributed by atoms with van der Waals surface area (Å²) in [6, 6.07) is 13.4. The van der Waals surface area contributed by atoms with Gasteiger partial charge in [0.15, 0.2) is 11.5 Å². The molecule has 3 aromatic rings. The van der Waals surface area contributed by atoms with E-state index in [-0.39, 0.29) is 11.9 Å². The van der Waals surface area contributed by atoms with Crippen LogP contribution in [0, 0.1) is 0 Å². The Balaban J connectivity index is 1.71. The Bertz CT molecular complexity index is 1040. The van der Waals surface area contributed by atoms with Gasteiger partial charge in [0.1, 0.15) is 0 Å². The summed E-state index contributed by atoms with van der Waals surface area (Å²) in [6.45, 7) is 2.52. The van der Waals surface area contributed by atoms with Gasteiger partial charge in [-0.25, -0.2) is 0 Å². The van der Waals surface area contributed by atoms with Crippen molar-refractivity contribution >= 4 is 16.8 Å². The smallest absolute Gasteiger partial charge is 0.254 e. The van der Waals surface area contributed by atoms with Gasteiger partial charge in [0.05, 0.1) is 38.6 Å². The molecule has 0 fully saturated rings. The van der Waals surface area contributed by atoms with Crippen molar-refractivity contribution < 1.29 is 19.0 Å². The monoisotopic (exact) mass is 378 g/mol. The molecule has 0 N–H and O–H groups in total. The highest BCUT2D eigenvalue weighted by Gasteiger charge is 2.33. The summed E-state index contributed by atoms with van der Waals surface area (Å²) in [7, 11) is 4.61. The molecule has 28 heavy (non-hydrogen) atoms. The Morgan fingerprint density at radius 3 is 2.36 bits per heavy atom. The van der Waals surface area contributed by atoms with Crippen molar-refractivity contribution in [3.8, 4) is 17.2 Å². The summed E-state index contributed by atoms with van der Waals surface area (Å²) in [5, 5.41) is 1.08. The Morgan fingerprint density at radius 2 is 1.71 bits per heavy atom. The van der Waals surface area contributed by atoms with Gasteiger partial charge in [0, 0.05) is 17.5 Å². The Morgan fingerprint density at radius 1 is 1.04 bits per heavy atom. The number of aromatic nitrogens is 1. The van der Waals surface area contributed by atoms with E-state index < -0.39 is 0 Å². The summed E-state index contributed by atoms with van der Waals surface area (Å²) in [6.07, 6.45) is 0. The molecule has 1 aliphatic rings. The van der Waals surface area contributed by atoms with Gasteiger partial charge in [-0.3, -0.25) is 9.78 Å². The molecular formula is C22H22N2O4. The molecule has 0 saturated carbocycles. The summed E-state index contributed by atoms with van der Waals surface area (Å²) in [4.78, 5) is 19.9. The molecule has 0 unspecified atom stereocenters. The number of amides is 1. The first kappa shape index (κ1) is 18.1. The zero-order valence-corrected chi connectivity index (χ0v) is 16.4. The minimum Gasteiger partial charge on any atom is -0.493 e. The maximum Gasteiger partial charge on any atom is 0.254 e. The second kappa shape index (κ2) is 7.03. The third-order valence-corrected chi connectivity index (χ3v) is 5.21. The molecule has 144 valence electrons. The number of ether oxygens (including phenoxy) is 3. The van der Waals surface area contributed by atoms with Crippen molar-refractivity contribution in [3.63, 3.8) is 0 Å². The molecule has 2 aromatic carbocycles. The van der Waals surface area contributed by atoms with Crippen LogP contribution in [0.4, 0.5) is 0 Å². The van der Waals surface area contributed by atoms with E-state index in [0.717, 1.165) is 22.2 Å². The molecule has 0 bridgehead atoms. The number of methoxy groups -OCH3 is 3. The summed E-state index contributed by atoms with van der Waals surface area (Å²) < 4.78 is 16.1. The topological polar surface area (TPSA) is 60.9 Å². The summed E-state index contributed by atoms with van der Waals surface area (Å²) in [5.41, 5.74) is 3.44. The minimum atomic E-state index is -0.119. The molecule has 4 rings (SSSR count). The maximum absolute atomic E-state index is 13.3. The van der Waals surface area contributed by atoms with E-state index in [4.69, 9.17) is 19.2 Å². The number of hydrogen-bond acceptors (Lipinski definition) is 5. The standard InChI is InChI=1S/C22H22N2O4/c1-13-20-16(9-14-7-5-6-8-17(14)23-20)12-24(13)22(25)15-10-18(26-2)21(28-4)19(11-15)27-3/h5-11,13H,12H2,1-4H3/t13-/m1/s1. The molecule has 1 aliphatic heterocycles. The Kier molecular flexibility index (Phi) is 4.55. The highest BCUT2D eigenvalue weighted by Crippen LogP contribution is 2.40. The summed E-state index contributed by atoms with van der Waals surface area (Å²) >= 11 is 0. The van der Waals surface area contributed by atoms with Gasteiger partial charge in [-0.1, -0.05) is 18.2 Å². The number of carbonyl (C=O) groups excluding carboxylic acids is 1. The van der Waals surface area contributed by atoms with E-state index >= 15 is 0 Å². The number of pyridine rings is 1. The van der Waals surface area contributed by atoms with Crippen LogP contribution in [0.15, 0.2) is 42.5 Å².